The number of rotatable bonds is 3. The number of aromatic nitrogens is 1. The molecule has 0 aliphatic rings. The summed E-state index contributed by atoms with van der Waals surface area (Å²) in [6, 6.07) is 15.3. The zero-order chi connectivity index (χ0) is 16.4. The molecule has 0 atom stereocenters. The lowest BCUT2D eigenvalue weighted by Crippen LogP contribution is -2.12. The fraction of sp³-hybridized carbons (Fsp3) is 0.158. The number of aryl methyl sites for hydroxylation is 3. The second-order valence-corrected chi connectivity index (χ2v) is 5.70. The van der Waals surface area contributed by atoms with Gasteiger partial charge in [0.15, 0.2) is 11.5 Å². The van der Waals surface area contributed by atoms with Gasteiger partial charge >= 0.3 is 0 Å². The van der Waals surface area contributed by atoms with Crippen molar-refractivity contribution in [3.8, 4) is 11.3 Å². The summed E-state index contributed by atoms with van der Waals surface area (Å²) >= 11 is 0. The zero-order valence-electron chi connectivity index (χ0n) is 13.4. The molecule has 1 amide bonds. The van der Waals surface area contributed by atoms with Crippen LogP contribution in [0.3, 0.4) is 0 Å². The van der Waals surface area contributed by atoms with Crippen molar-refractivity contribution in [2.24, 2.45) is 0 Å². The van der Waals surface area contributed by atoms with Crippen LogP contribution < -0.4 is 5.32 Å². The van der Waals surface area contributed by atoms with Crippen LogP contribution in [-0.2, 0) is 0 Å². The van der Waals surface area contributed by atoms with Crippen molar-refractivity contribution in [1.29, 1.82) is 0 Å². The fourth-order valence-corrected chi connectivity index (χ4v) is 2.25. The van der Waals surface area contributed by atoms with E-state index in [1.54, 1.807) is 6.07 Å². The van der Waals surface area contributed by atoms with Crippen LogP contribution in [-0.4, -0.2) is 11.1 Å². The van der Waals surface area contributed by atoms with E-state index in [1.165, 1.54) is 11.1 Å². The molecule has 3 rings (SSSR count). The second kappa shape index (κ2) is 6.08. The van der Waals surface area contributed by atoms with Gasteiger partial charge in [-0.25, -0.2) is 0 Å². The lowest BCUT2D eigenvalue weighted by Gasteiger charge is -2.05. The molecule has 23 heavy (non-hydrogen) atoms. The Morgan fingerprint density at radius 3 is 2.39 bits per heavy atom. The predicted octanol–water partition coefficient (Wildman–Crippen LogP) is 4.52. The molecule has 0 saturated carbocycles. The first-order chi connectivity index (χ1) is 11.0. The molecule has 4 nitrogen and oxygen atoms in total. The molecule has 1 N–H and O–H groups in total. The van der Waals surface area contributed by atoms with E-state index >= 15 is 0 Å². The summed E-state index contributed by atoms with van der Waals surface area (Å²) < 4.78 is 5.28. The third-order valence-electron chi connectivity index (χ3n) is 3.84. The topological polar surface area (TPSA) is 55.1 Å². The molecule has 0 radical (unpaired) electrons. The van der Waals surface area contributed by atoms with Crippen molar-refractivity contribution < 1.29 is 9.32 Å². The van der Waals surface area contributed by atoms with E-state index < -0.39 is 0 Å². The van der Waals surface area contributed by atoms with Gasteiger partial charge in [-0.3, -0.25) is 4.79 Å². The Labute approximate surface area is 135 Å². The Morgan fingerprint density at radius 1 is 0.957 bits per heavy atom. The van der Waals surface area contributed by atoms with Gasteiger partial charge in [0.1, 0.15) is 0 Å². The number of benzene rings is 2. The van der Waals surface area contributed by atoms with E-state index in [0.717, 1.165) is 16.8 Å². The second-order valence-electron chi connectivity index (χ2n) is 5.70. The van der Waals surface area contributed by atoms with E-state index in [2.05, 4.69) is 10.5 Å². The van der Waals surface area contributed by atoms with Crippen LogP contribution in [0.1, 0.15) is 27.2 Å². The highest BCUT2D eigenvalue weighted by Gasteiger charge is 2.14. The number of carbonyl (C=O) groups is 1. The van der Waals surface area contributed by atoms with Crippen molar-refractivity contribution in [1.82, 2.24) is 5.16 Å². The molecular weight excluding hydrogens is 288 g/mol. The number of hydrogen-bond acceptors (Lipinski definition) is 3. The predicted molar refractivity (Wildman–Crippen MR) is 90.5 cm³/mol. The minimum absolute atomic E-state index is 0.263. The van der Waals surface area contributed by atoms with Crippen LogP contribution in [0.4, 0.5) is 5.69 Å². The van der Waals surface area contributed by atoms with E-state index in [9.17, 15) is 4.79 Å². The van der Waals surface area contributed by atoms with Gasteiger partial charge < -0.3 is 9.84 Å². The zero-order valence-corrected chi connectivity index (χ0v) is 13.4. The van der Waals surface area contributed by atoms with Crippen molar-refractivity contribution in [2.45, 2.75) is 20.8 Å². The average Bonchev–Trinajstić information content (AvgIpc) is 3.02. The lowest BCUT2D eigenvalue weighted by molar-refractivity contribution is 0.101. The van der Waals surface area contributed by atoms with Gasteiger partial charge in [0, 0.05) is 17.3 Å². The number of anilines is 1. The standard InChI is InChI=1S/C19H18N2O2/c1-12-4-7-15(8-5-12)18-11-17(21-23-18)19(22)20-16-9-6-13(2)14(3)10-16/h4-11H,1-3H3,(H,20,22). The minimum atomic E-state index is -0.282. The van der Waals surface area contributed by atoms with Crippen molar-refractivity contribution >= 4 is 11.6 Å². The lowest BCUT2D eigenvalue weighted by atomic mass is 10.1. The van der Waals surface area contributed by atoms with E-state index in [1.807, 2.05) is 63.2 Å². The van der Waals surface area contributed by atoms with Crippen molar-refractivity contribution in [2.75, 3.05) is 5.32 Å². The molecule has 2 aromatic carbocycles. The maximum Gasteiger partial charge on any atom is 0.277 e. The van der Waals surface area contributed by atoms with Crippen molar-refractivity contribution in [3.05, 3.63) is 70.9 Å². The van der Waals surface area contributed by atoms with Crippen molar-refractivity contribution in [3.63, 3.8) is 0 Å². The third-order valence-corrected chi connectivity index (χ3v) is 3.84. The minimum Gasteiger partial charge on any atom is -0.355 e. The molecule has 3 aromatic rings. The summed E-state index contributed by atoms with van der Waals surface area (Å²) in [5.74, 6) is 0.297. The Balaban J connectivity index is 1.78. The molecule has 4 heteroatoms. The SMILES string of the molecule is Cc1ccc(-c2cc(C(=O)Nc3ccc(C)c(C)c3)no2)cc1. The maximum absolute atomic E-state index is 12.3. The number of amides is 1. The number of carbonyl (C=O) groups excluding carboxylic acids is 1. The smallest absolute Gasteiger partial charge is 0.277 e. The highest BCUT2D eigenvalue weighted by atomic mass is 16.5. The van der Waals surface area contributed by atoms with Crippen LogP contribution >= 0.6 is 0 Å². The quantitative estimate of drug-likeness (QED) is 0.774. The number of nitrogens with zero attached hydrogens (tertiary/aromatic N) is 1. The monoisotopic (exact) mass is 306 g/mol. The summed E-state index contributed by atoms with van der Waals surface area (Å²) in [6.07, 6.45) is 0. The molecule has 0 bridgehead atoms. The van der Waals surface area contributed by atoms with Crippen LogP contribution in [0.15, 0.2) is 53.1 Å². The van der Waals surface area contributed by atoms with Gasteiger partial charge in [-0.2, -0.15) is 0 Å². The largest absolute Gasteiger partial charge is 0.355 e. The Morgan fingerprint density at radius 2 is 1.70 bits per heavy atom. The van der Waals surface area contributed by atoms with Gasteiger partial charge in [0.25, 0.3) is 5.91 Å². The third kappa shape index (κ3) is 3.31. The normalized spacial score (nSPS) is 10.6. The summed E-state index contributed by atoms with van der Waals surface area (Å²) in [5.41, 5.74) is 5.39. The molecule has 0 aliphatic carbocycles. The molecular formula is C19H18N2O2. The summed E-state index contributed by atoms with van der Waals surface area (Å²) in [7, 11) is 0. The van der Waals surface area contributed by atoms with E-state index in [0.29, 0.717) is 5.76 Å². The number of nitrogens with one attached hydrogen (secondary N) is 1. The van der Waals surface area contributed by atoms with Crippen LogP contribution in [0, 0.1) is 20.8 Å². The summed E-state index contributed by atoms with van der Waals surface area (Å²) in [6.45, 7) is 6.07. The molecule has 0 unspecified atom stereocenters. The Hall–Kier alpha value is -2.88. The maximum atomic E-state index is 12.3. The molecule has 0 saturated heterocycles. The molecule has 0 spiro atoms. The summed E-state index contributed by atoms with van der Waals surface area (Å²) in [5, 5.41) is 6.70. The highest BCUT2D eigenvalue weighted by molar-refractivity contribution is 6.03. The van der Waals surface area contributed by atoms with Crippen LogP contribution in [0.5, 0.6) is 0 Å². The van der Waals surface area contributed by atoms with Gasteiger partial charge in [-0.15, -0.1) is 0 Å². The highest BCUT2D eigenvalue weighted by Crippen LogP contribution is 2.21. The molecule has 1 aromatic heterocycles. The number of hydrogen-bond donors (Lipinski definition) is 1. The van der Waals surface area contributed by atoms with Crippen LogP contribution in [0.2, 0.25) is 0 Å². The Kier molecular flexibility index (Phi) is 3.98. The van der Waals surface area contributed by atoms with Gasteiger partial charge in [0.2, 0.25) is 0 Å². The molecule has 0 fully saturated rings. The van der Waals surface area contributed by atoms with Crippen LogP contribution in [0.25, 0.3) is 11.3 Å². The first-order valence-corrected chi connectivity index (χ1v) is 7.45. The van der Waals surface area contributed by atoms with E-state index in [4.69, 9.17) is 4.52 Å². The Bertz CT molecular complexity index is 848. The fourth-order valence-electron chi connectivity index (χ4n) is 2.25. The molecule has 116 valence electrons. The summed E-state index contributed by atoms with van der Waals surface area (Å²) in [4.78, 5) is 12.3. The first-order valence-electron chi connectivity index (χ1n) is 7.45. The first kappa shape index (κ1) is 15.0. The van der Waals surface area contributed by atoms with E-state index in [-0.39, 0.29) is 11.6 Å². The molecule has 0 aliphatic heterocycles. The van der Waals surface area contributed by atoms with Gasteiger partial charge in [-0.1, -0.05) is 41.1 Å². The van der Waals surface area contributed by atoms with Gasteiger partial charge in [0.05, 0.1) is 0 Å². The van der Waals surface area contributed by atoms with Gasteiger partial charge in [-0.05, 0) is 44.0 Å². The molecule has 1 heterocycles. The average molecular weight is 306 g/mol.